The summed E-state index contributed by atoms with van der Waals surface area (Å²) in [4.78, 5) is 12.1. The number of likely N-dealkylation sites (N-methyl/N-ethyl adjacent to an activating group) is 1. The van der Waals surface area contributed by atoms with E-state index in [-0.39, 0.29) is 11.5 Å². The molecule has 0 aromatic heterocycles. The molecule has 0 atom stereocenters. The third-order valence-electron chi connectivity index (χ3n) is 3.10. The molecule has 2 N–H and O–H groups in total. The molecule has 4 nitrogen and oxygen atoms in total. The van der Waals surface area contributed by atoms with Gasteiger partial charge in [0.1, 0.15) is 0 Å². The summed E-state index contributed by atoms with van der Waals surface area (Å²) in [7, 11) is 1.63. The standard InChI is InChI=1S/C14H11NO3S/c1-15-11(14(17)18)12(16)10-7-6-8-4-2-3-5-9(8)13(10)19-15/h2-7,16H,1H3,(H,17,18). The zero-order valence-electron chi connectivity index (χ0n) is 10.1. The van der Waals surface area contributed by atoms with Gasteiger partial charge in [0.25, 0.3) is 0 Å². The molecule has 19 heavy (non-hydrogen) atoms. The number of fused-ring (bicyclic) bond motifs is 3. The fraction of sp³-hybridized carbons (Fsp3) is 0.0714. The Morgan fingerprint density at radius 3 is 2.68 bits per heavy atom. The second kappa shape index (κ2) is 4.20. The van der Waals surface area contributed by atoms with Gasteiger partial charge in [-0.05, 0) is 28.8 Å². The van der Waals surface area contributed by atoms with Gasteiger partial charge in [0.2, 0.25) is 0 Å². The first kappa shape index (κ1) is 11.9. The summed E-state index contributed by atoms with van der Waals surface area (Å²) < 4.78 is 1.48. The summed E-state index contributed by atoms with van der Waals surface area (Å²) in [6, 6.07) is 11.5. The van der Waals surface area contributed by atoms with E-state index >= 15 is 0 Å². The number of rotatable bonds is 1. The first-order valence-corrected chi connectivity index (χ1v) is 6.47. The number of aliphatic carboxylic acids is 1. The molecule has 2 aromatic rings. The van der Waals surface area contributed by atoms with Crippen molar-refractivity contribution in [1.29, 1.82) is 0 Å². The van der Waals surface area contributed by atoms with E-state index < -0.39 is 5.97 Å². The van der Waals surface area contributed by atoms with Crippen LogP contribution in [0.15, 0.2) is 47.0 Å². The molecule has 0 aliphatic carbocycles. The van der Waals surface area contributed by atoms with Gasteiger partial charge in [0.15, 0.2) is 11.5 Å². The lowest BCUT2D eigenvalue weighted by Crippen LogP contribution is -2.22. The monoisotopic (exact) mass is 273 g/mol. The second-order valence-electron chi connectivity index (χ2n) is 4.25. The highest BCUT2D eigenvalue weighted by atomic mass is 32.2. The number of nitrogens with zero attached hydrogens (tertiary/aromatic N) is 1. The molecule has 0 spiro atoms. The van der Waals surface area contributed by atoms with Gasteiger partial charge in [-0.2, -0.15) is 0 Å². The molecular formula is C14H11NO3S. The number of benzene rings is 2. The van der Waals surface area contributed by atoms with E-state index in [2.05, 4.69) is 0 Å². The number of carbonyl (C=O) groups is 1. The Kier molecular flexibility index (Phi) is 2.64. The number of carboxylic acid groups (broad SMARTS) is 1. The maximum atomic E-state index is 11.2. The van der Waals surface area contributed by atoms with Crippen molar-refractivity contribution in [2.45, 2.75) is 4.90 Å². The van der Waals surface area contributed by atoms with E-state index in [0.29, 0.717) is 5.56 Å². The van der Waals surface area contributed by atoms with Crippen LogP contribution in [0.3, 0.4) is 0 Å². The van der Waals surface area contributed by atoms with Gasteiger partial charge in [-0.3, -0.25) is 0 Å². The van der Waals surface area contributed by atoms with Gasteiger partial charge in [0, 0.05) is 17.5 Å². The topological polar surface area (TPSA) is 60.8 Å². The van der Waals surface area contributed by atoms with Crippen molar-refractivity contribution in [3.8, 4) is 0 Å². The van der Waals surface area contributed by atoms with E-state index in [1.165, 1.54) is 16.3 Å². The first-order chi connectivity index (χ1) is 9.09. The third-order valence-corrected chi connectivity index (χ3v) is 4.18. The Bertz CT molecular complexity index is 724. The number of carboxylic acids is 1. The van der Waals surface area contributed by atoms with Crippen LogP contribution in [0.2, 0.25) is 0 Å². The number of hydrogen-bond acceptors (Lipinski definition) is 4. The lowest BCUT2D eigenvalue weighted by Gasteiger charge is -2.26. The van der Waals surface area contributed by atoms with Gasteiger partial charge < -0.3 is 14.5 Å². The van der Waals surface area contributed by atoms with Crippen LogP contribution in [0.1, 0.15) is 5.56 Å². The minimum absolute atomic E-state index is 0.0900. The van der Waals surface area contributed by atoms with Gasteiger partial charge in [-0.1, -0.05) is 30.3 Å². The molecule has 0 amide bonds. The molecule has 96 valence electrons. The van der Waals surface area contributed by atoms with Crippen LogP contribution >= 0.6 is 11.9 Å². The van der Waals surface area contributed by atoms with Crippen LogP contribution in [0.25, 0.3) is 16.5 Å². The number of aliphatic hydroxyl groups is 1. The zero-order chi connectivity index (χ0) is 13.6. The Hall–Kier alpha value is -2.14. The SMILES string of the molecule is CN1Sc2c(ccc3ccccc23)C(O)=C1C(=O)O. The van der Waals surface area contributed by atoms with Crippen molar-refractivity contribution in [2.75, 3.05) is 7.05 Å². The van der Waals surface area contributed by atoms with Crippen LogP contribution < -0.4 is 0 Å². The largest absolute Gasteiger partial charge is 0.505 e. The van der Waals surface area contributed by atoms with Crippen LogP contribution in [-0.4, -0.2) is 27.5 Å². The molecule has 2 aromatic carbocycles. The van der Waals surface area contributed by atoms with Crippen molar-refractivity contribution >= 4 is 34.4 Å². The van der Waals surface area contributed by atoms with E-state index in [4.69, 9.17) is 5.11 Å². The highest BCUT2D eigenvalue weighted by molar-refractivity contribution is 7.97. The molecule has 0 unspecified atom stereocenters. The average molecular weight is 273 g/mol. The average Bonchev–Trinajstić information content (AvgIpc) is 2.38. The molecule has 0 fully saturated rings. The summed E-state index contributed by atoms with van der Waals surface area (Å²) in [5.41, 5.74) is 0.479. The Balaban J connectivity index is 2.33. The van der Waals surface area contributed by atoms with Crippen molar-refractivity contribution in [3.05, 3.63) is 47.7 Å². The minimum Gasteiger partial charge on any atom is -0.505 e. The first-order valence-electron chi connectivity index (χ1n) is 5.70. The normalized spacial score (nSPS) is 14.7. The van der Waals surface area contributed by atoms with Gasteiger partial charge in [-0.15, -0.1) is 0 Å². The molecule has 0 saturated heterocycles. The lowest BCUT2D eigenvalue weighted by molar-refractivity contribution is -0.133. The number of aliphatic hydroxyl groups excluding tert-OH is 1. The molecule has 0 saturated carbocycles. The summed E-state index contributed by atoms with van der Waals surface area (Å²) in [5.74, 6) is -1.32. The van der Waals surface area contributed by atoms with Crippen LogP contribution in [0.5, 0.6) is 0 Å². The van der Waals surface area contributed by atoms with Gasteiger partial charge in [-0.25, -0.2) is 4.79 Å². The van der Waals surface area contributed by atoms with E-state index in [1.807, 2.05) is 30.3 Å². The molecule has 1 heterocycles. The predicted molar refractivity (Wildman–Crippen MR) is 74.8 cm³/mol. The predicted octanol–water partition coefficient (Wildman–Crippen LogP) is 3.10. The zero-order valence-corrected chi connectivity index (χ0v) is 10.9. The Labute approximate surface area is 114 Å². The van der Waals surface area contributed by atoms with Crippen molar-refractivity contribution in [2.24, 2.45) is 0 Å². The van der Waals surface area contributed by atoms with Crippen molar-refractivity contribution < 1.29 is 15.0 Å². The Morgan fingerprint density at radius 2 is 1.95 bits per heavy atom. The lowest BCUT2D eigenvalue weighted by atomic mass is 10.0. The van der Waals surface area contributed by atoms with Crippen molar-refractivity contribution in [1.82, 2.24) is 4.31 Å². The highest BCUT2D eigenvalue weighted by Crippen LogP contribution is 2.42. The fourth-order valence-corrected chi connectivity index (χ4v) is 3.30. The maximum Gasteiger partial charge on any atom is 0.356 e. The van der Waals surface area contributed by atoms with Crippen LogP contribution in [-0.2, 0) is 4.79 Å². The fourth-order valence-electron chi connectivity index (χ4n) is 2.22. The summed E-state index contributed by atoms with van der Waals surface area (Å²) >= 11 is 1.32. The smallest absolute Gasteiger partial charge is 0.356 e. The van der Waals surface area contributed by atoms with E-state index in [1.54, 1.807) is 13.1 Å². The quantitative estimate of drug-likeness (QED) is 0.782. The molecule has 0 radical (unpaired) electrons. The Morgan fingerprint density at radius 1 is 1.21 bits per heavy atom. The second-order valence-corrected chi connectivity index (χ2v) is 5.39. The van der Waals surface area contributed by atoms with E-state index in [0.717, 1.165) is 15.7 Å². The minimum atomic E-state index is -1.13. The molecule has 1 aliphatic rings. The maximum absolute atomic E-state index is 11.2. The molecular weight excluding hydrogens is 262 g/mol. The molecule has 5 heteroatoms. The molecule has 3 rings (SSSR count). The van der Waals surface area contributed by atoms with E-state index in [9.17, 15) is 9.90 Å². The highest BCUT2D eigenvalue weighted by Gasteiger charge is 2.29. The summed E-state index contributed by atoms with van der Waals surface area (Å²) in [6.07, 6.45) is 0. The van der Waals surface area contributed by atoms with Gasteiger partial charge >= 0.3 is 5.97 Å². The third kappa shape index (κ3) is 1.74. The van der Waals surface area contributed by atoms with Gasteiger partial charge in [0.05, 0.1) is 0 Å². The summed E-state index contributed by atoms with van der Waals surface area (Å²) in [5, 5.41) is 21.4. The molecule has 0 bridgehead atoms. The molecule has 1 aliphatic heterocycles. The van der Waals surface area contributed by atoms with Crippen LogP contribution in [0.4, 0.5) is 0 Å². The summed E-state index contributed by atoms with van der Waals surface area (Å²) in [6.45, 7) is 0. The van der Waals surface area contributed by atoms with Crippen molar-refractivity contribution in [3.63, 3.8) is 0 Å². The number of hydrogen-bond donors (Lipinski definition) is 2. The van der Waals surface area contributed by atoms with Crippen LogP contribution in [0, 0.1) is 0 Å².